The zero-order chi connectivity index (χ0) is 19.0. The van der Waals surface area contributed by atoms with E-state index in [9.17, 15) is 13.2 Å². The molecular weight excluding hydrogens is 364 g/mol. The van der Waals surface area contributed by atoms with Crippen molar-refractivity contribution in [1.29, 1.82) is 0 Å². The molecule has 0 saturated carbocycles. The van der Waals surface area contributed by atoms with Gasteiger partial charge in [0.05, 0.1) is 4.90 Å². The van der Waals surface area contributed by atoms with E-state index in [1.807, 2.05) is 18.5 Å². The maximum atomic E-state index is 12.9. The van der Waals surface area contributed by atoms with Crippen molar-refractivity contribution in [2.75, 3.05) is 13.1 Å². The van der Waals surface area contributed by atoms with Gasteiger partial charge in [0.1, 0.15) is 11.9 Å². The van der Waals surface area contributed by atoms with Crippen molar-refractivity contribution in [1.82, 2.24) is 19.2 Å². The van der Waals surface area contributed by atoms with Crippen molar-refractivity contribution in [2.45, 2.75) is 49.6 Å². The van der Waals surface area contributed by atoms with Crippen LogP contribution in [-0.2, 0) is 27.8 Å². The van der Waals surface area contributed by atoms with Crippen LogP contribution in [0.4, 0.5) is 0 Å². The van der Waals surface area contributed by atoms with Crippen LogP contribution in [0, 0.1) is 0 Å². The van der Waals surface area contributed by atoms with Gasteiger partial charge in [-0.1, -0.05) is 18.2 Å². The molecule has 0 unspecified atom stereocenters. The van der Waals surface area contributed by atoms with Crippen LogP contribution in [0.1, 0.15) is 37.1 Å². The lowest BCUT2D eigenvalue weighted by Crippen LogP contribution is -2.53. The molecule has 1 atom stereocenters. The monoisotopic (exact) mass is 388 g/mol. The van der Waals surface area contributed by atoms with E-state index in [1.165, 1.54) is 0 Å². The van der Waals surface area contributed by atoms with Crippen molar-refractivity contribution < 1.29 is 13.2 Å². The highest BCUT2D eigenvalue weighted by Crippen LogP contribution is 2.29. The second-order valence-electron chi connectivity index (χ2n) is 7.16. The average molecular weight is 388 g/mol. The fraction of sp³-hybridized carbons (Fsp3) is 0.474. The Kier molecular flexibility index (Phi) is 4.77. The van der Waals surface area contributed by atoms with Gasteiger partial charge in [-0.25, -0.2) is 13.4 Å². The standard InChI is InChI=1S/C19H24N4O3S/c1-2-22-12-9-20-18(22)14-7-10-23(11-8-14)19(24)16-13-15-5-3-4-6-17(15)27(25,26)21-16/h3-6,9,12,14,16,21H,2,7-8,10-11,13H2,1H3/t16-/m1/s1. The Bertz CT molecular complexity index is 945. The van der Waals surface area contributed by atoms with Crippen LogP contribution >= 0.6 is 0 Å². The maximum absolute atomic E-state index is 12.9. The summed E-state index contributed by atoms with van der Waals surface area (Å²) in [5.74, 6) is 1.29. The molecule has 7 nitrogen and oxygen atoms in total. The molecule has 1 fully saturated rings. The normalized spacial score (nSPS) is 22.4. The molecule has 27 heavy (non-hydrogen) atoms. The summed E-state index contributed by atoms with van der Waals surface area (Å²) in [7, 11) is -3.64. The highest BCUT2D eigenvalue weighted by Gasteiger charge is 2.36. The molecule has 2 aliphatic heterocycles. The van der Waals surface area contributed by atoms with Crippen LogP contribution in [0.2, 0.25) is 0 Å². The predicted molar refractivity (Wildman–Crippen MR) is 101 cm³/mol. The molecule has 1 aromatic carbocycles. The van der Waals surface area contributed by atoms with E-state index in [-0.39, 0.29) is 10.8 Å². The van der Waals surface area contributed by atoms with Crippen LogP contribution in [0.5, 0.6) is 0 Å². The lowest BCUT2D eigenvalue weighted by atomic mass is 9.95. The Morgan fingerprint density at radius 2 is 2.00 bits per heavy atom. The fourth-order valence-electron chi connectivity index (χ4n) is 4.11. The second kappa shape index (κ2) is 7.09. The summed E-state index contributed by atoms with van der Waals surface area (Å²) in [6.45, 7) is 4.23. The van der Waals surface area contributed by atoms with E-state index in [1.54, 1.807) is 23.1 Å². The van der Waals surface area contributed by atoms with E-state index < -0.39 is 16.1 Å². The number of carbonyl (C=O) groups excluding carboxylic acids is 1. The molecule has 0 aliphatic carbocycles. The highest BCUT2D eigenvalue weighted by atomic mass is 32.2. The quantitative estimate of drug-likeness (QED) is 0.864. The summed E-state index contributed by atoms with van der Waals surface area (Å²) < 4.78 is 29.6. The second-order valence-corrected chi connectivity index (χ2v) is 8.84. The molecule has 1 amide bonds. The first-order valence-corrected chi connectivity index (χ1v) is 10.9. The smallest absolute Gasteiger partial charge is 0.241 e. The first kappa shape index (κ1) is 18.2. The minimum atomic E-state index is -3.64. The van der Waals surface area contributed by atoms with E-state index in [0.29, 0.717) is 31.0 Å². The lowest BCUT2D eigenvalue weighted by molar-refractivity contribution is -0.134. The third-order valence-corrected chi connectivity index (χ3v) is 7.11. The Labute approximate surface area is 159 Å². The van der Waals surface area contributed by atoms with Crippen LogP contribution in [-0.4, -0.2) is 47.9 Å². The van der Waals surface area contributed by atoms with Crippen LogP contribution in [0.25, 0.3) is 0 Å². The molecule has 1 N–H and O–H groups in total. The molecule has 144 valence electrons. The number of rotatable bonds is 3. The summed E-state index contributed by atoms with van der Waals surface area (Å²) in [6, 6.07) is 6.15. The van der Waals surface area contributed by atoms with Crippen molar-refractivity contribution in [3.05, 3.63) is 48.0 Å². The topological polar surface area (TPSA) is 84.3 Å². The Morgan fingerprint density at radius 3 is 2.74 bits per heavy atom. The largest absolute Gasteiger partial charge is 0.341 e. The molecule has 2 aliphatic rings. The number of hydrogen-bond donors (Lipinski definition) is 1. The van der Waals surface area contributed by atoms with Gasteiger partial charge in [0.15, 0.2) is 0 Å². The number of fused-ring (bicyclic) bond motifs is 1. The molecular formula is C19H24N4O3S. The molecule has 1 aromatic heterocycles. The van der Waals surface area contributed by atoms with E-state index in [0.717, 1.165) is 25.2 Å². The zero-order valence-electron chi connectivity index (χ0n) is 15.3. The number of carbonyl (C=O) groups is 1. The van der Waals surface area contributed by atoms with Gasteiger partial charge in [-0.05, 0) is 37.8 Å². The number of piperidine rings is 1. The van der Waals surface area contributed by atoms with E-state index in [2.05, 4.69) is 21.2 Å². The molecule has 4 rings (SSSR count). The number of nitrogens with one attached hydrogen (secondary N) is 1. The fourth-order valence-corrected chi connectivity index (χ4v) is 5.55. The summed E-state index contributed by atoms with van der Waals surface area (Å²) in [4.78, 5) is 19.5. The van der Waals surface area contributed by atoms with Crippen molar-refractivity contribution in [2.24, 2.45) is 0 Å². The average Bonchev–Trinajstić information content (AvgIpc) is 3.16. The number of likely N-dealkylation sites (tertiary alicyclic amines) is 1. The molecule has 3 heterocycles. The molecule has 1 saturated heterocycles. The third-order valence-electron chi connectivity index (χ3n) is 5.54. The van der Waals surface area contributed by atoms with E-state index >= 15 is 0 Å². The van der Waals surface area contributed by atoms with Crippen LogP contribution in [0.15, 0.2) is 41.6 Å². The van der Waals surface area contributed by atoms with Crippen molar-refractivity contribution in [3.8, 4) is 0 Å². The summed E-state index contributed by atoms with van der Waals surface area (Å²) in [6.07, 6.45) is 5.90. The third kappa shape index (κ3) is 3.39. The van der Waals surface area contributed by atoms with Crippen LogP contribution in [0.3, 0.4) is 0 Å². The first-order chi connectivity index (χ1) is 13.0. The Balaban J connectivity index is 1.45. The molecule has 0 bridgehead atoms. The van der Waals surface area contributed by atoms with Gasteiger partial charge in [-0.2, -0.15) is 4.72 Å². The molecule has 0 spiro atoms. The van der Waals surface area contributed by atoms with Gasteiger partial charge >= 0.3 is 0 Å². The van der Waals surface area contributed by atoms with Crippen LogP contribution < -0.4 is 4.72 Å². The number of aryl methyl sites for hydroxylation is 1. The first-order valence-electron chi connectivity index (χ1n) is 9.39. The minimum absolute atomic E-state index is 0.134. The summed E-state index contributed by atoms with van der Waals surface area (Å²) >= 11 is 0. The number of nitrogens with zero attached hydrogens (tertiary/aromatic N) is 3. The van der Waals surface area contributed by atoms with Crippen molar-refractivity contribution in [3.63, 3.8) is 0 Å². The summed E-state index contributed by atoms with van der Waals surface area (Å²) in [5, 5.41) is 0. The molecule has 2 aromatic rings. The number of benzene rings is 1. The molecule has 0 radical (unpaired) electrons. The van der Waals surface area contributed by atoms with Gasteiger partial charge < -0.3 is 9.47 Å². The number of sulfonamides is 1. The maximum Gasteiger partial charge on any atom is 0.241 e. The number of imidazole rings is 1. The predicted octanol–water partition coefficient (Wildman–Crippen LogP) is 1.51. The summed E-state index contributed by atoms with van der Waals surface area (Å²) in [5.41, 5.74) is 0.703. The van der Waals surface area contributed by atoms with Gasteiger partial charge in [0.2, 0.25) is 15.9 Å². The van der Waals surface area contributed by atoms with Crippen molar-refractivity contribution >= 4 is 15.9 Å². The SMILES string of the molecule is CCn1ccnc1C1CCN(C(=O)[C@H]2Cc3ccccc3S(=O)(=O)N2)CC1. The van der Waals surface area contributed by atoms with E-state index in [4.69, 9.17) is 0 Å². The lowest BCUT2D eigenvalue weighted by Gasteiger charge is -2.35. The van der Waals surface area contributed by atoms with Gasteiger partial charge in [0, 0.05) is 37.9 Å². The highest BCUT2D eigenvalue weighted by molar-refractivity contribution is 7.89. The minimum Gasteiger partial charge on any atom is -0.341 e. The number of hydrogen-bond acceptors (Lipinski definition) is 4. The zero-order valence-corrected chi connectivity index (χ0v) is 16.2. The number of aromatic nitrogens is 2. The molecule has 8 heteroatoms. The Hall–Kier alpha value is -2.19. The van der Waals surface area contributed by atoms with Gasteiger partial charge in [-0.15, -0.1) is 0 Å². The number of amides is 1. The van der Waals surface area contributed by atoms with Gasteiger partial charge in [-0.3, -0.25) is 4.79 Å². The Morgan fingerprint density at radius 1 is 1.26 bits per heavy atom. The van der Waals surface area contributed by atoms with Gasteiger partial charge in [0.25, 0.3) is 0 Å².